The molecule has 2 aromatic rings. The van der Waals surface area contributed by atoms with Crippen LogP contribution in [0.2, 0.25) is 10.0 Å². The van der Waals surface area contributed by atoms with Gasteiger partial charge in [-0.05, 0) is 61.1 Å². The normalized spacial score (nSPS) is 25.6. The highest BCUT2D eigenvalue weighted by Gasteiger charge is 2.53. The number of nitrogens with zero attached hydrogens (tertiary/aromatic N) is 1. The van der Waals surface area contributed by atoms with Crippen LogP contribution in [0, 0.1) is 5.41 Å². The Labute approximate surface area is 222 Å². The summed E-state index contributed by atoms with van der Waals surface area (Å²) in [5.41, 5.74) is 0.479. The molecule has 1 unspecified atom stereocenters. The zero-order valence-corrected chi connectivity index (χ0v) is 22.7. The van der Waals surface area contributed by atoms with Gasteiger partial charge in [-0.1, -0.05) is 61.3 Å². The number of hydrogen-bond acceptors (Lipinski definition) is 4. The van der Waals surface area contributed by atoms with Crippen LogP contribution in [0.25, 0.3) is 0 Å². The maximum atomic E-state index is 14.2. The van der Waals surface area contributed by atoms with E-state index < -0.39 is 33.3 Å². The molecule has 9 heteroatoms. The first kappa shape index (κ1) is 27.0. The van der Waals surface area contributed by atoms with Crippen LogP contribution in [0.5, 0.6) is 0 Å². The standard InChI is InChI=1S/C27H31Cl2NO5S/c1-3-21(16-36(34,35)22-11-12-22)30-25(17-7-9-19(28)10-8-17)23(18-5-4-6-20(29)13-18)14-27(2,26(30)33)15-24(31)32/h4-10,13,21-23,25H,3,11-12,14-16H2,1-2H3,(H,31,32)/t21-,23?,25+,27+/m0/s1. The van der Waals surface area contributed by atoms with Crippen molar-refractivity contribution >= 4 is 44.9 Å². The number of benzene rings is 2. The number of carbonyl (C=O) groups excluding carboxylic acids is 1. The molecular formula is C27H31Cl2NO5S. The number of carboxylic acid groups (broad SMARTS) is 1. The van der Waals surface area contributed by atoms with E-state index in [4.69, 9.17) is 23.2 Å². The Morgan fingerprint density at radius 2 is 1.78 bits per heavy atom. The van der Waals surface area contributed by atoms with E-state index >= 15 is 0 Å². The van der Waals surface area contributed by atoms with Gasteiger partial charge in [0, 0.05) is 22.0 Å². The number of sulfone groups is 1. The highest BCUT2D eigenvalue weighted by molar-refractivity contribution is 7.92. The van der Waals surface area contributed by atoms with Crippen LogP contribution in [0.4, 0.5) is 0 Å². The molecule has 1 aliphatic carbocycles. The van der Waals surface area contributed by atoms with Crippen molar-refractivity contribution in [2.45, 2.75) is 69.2 Å². The van der Waals surface area contributed by atoms with Gasteiger partial charge in [-0.25, -0.2) is 8.42 Å². The molecule has 1 aliphatic heterocycles. The number of carbonyl (C=O) groups is 2. The Morgan fingerprint density at radius 1 is 1.11 bits per heavy atom. The van der Waals surface area contributed by atoms with Gasteiger partial charge in [-0.2, -0.15) is 0 Å². The van der Waals surface area contributed by atoms with Crippen molar-refractivity contribution in [3.63, 3.8) is 0 Å². The maximum absolute atomic E-state index is 14.2. The van der Waals surface area contributed by atoms with E-state index in [0.29, 0.717) is 29.3 Å². The van der Waals surface area contributed by atoms with E-state index in [9.17, 15) is 23.1 Å². The molecule has 2 fully saturated rings. The van der Waals surface area contributed by atoms with Crippen molar-refractivity contribution in [3.05, 3.63) is 69.7 Å². The number of carboxylic acids is 1. The third kappa shape index (κ3) is 5.58. The van der Waals surface area contributed by atoms with E-state index in [1.165, 1.54) is 0 Å². The molecular weight excluding hydrogens is 521 g/mol. The summed E-state index contributed by atoms with van der Waals surface area (Å²) in [4.78, 5) is 27.7. The number of piperidine rings is 1. The summed E-state index contributed by atoms with van der Waals surface area (Å²) in [5, 5.41) is 10.4. The lowest BCUT2D eigenvalue weighted by molar-refractivity contribution is -0.160. The van der Waals surface area contributed by atoms with Gasteiger partial charge in [0.2, 0.25) is 5.91 Å². The lowest BCUT2D eigenvalue weighted by atomic mass is 9.67. The molecule has 2 aromatic carbocycles. The number of hydrogen-bond donors (Lipinski definition) is 1. The highest BCUT2D eigenvalue weighted by atomic mass is 35.5. The van der Waals surface area contributed by atoms with E-state index in [0.717, 1.165) is 11.1 Å². The quantitative estimate of drug-likeness (QED) is 0.419. The summed E-state index contributed by atoms with van der Waals surface area (Å²) < 4.78 is 26.1. The summed E-state index contributed by atoms with van der Waals surface area (Å²) in [6.45, 7) is 3.55. The van der Waals surface area contributed by atoms with Crippen LogP contribution in [0.3, 0.4) is 0 Å². The average Bonchev–Trinajstić information content (AvgIpc) is 3.66. The molecule has 0 radical (unpaired) electrons. The van der Waals surface area contributed by atoms with Gasteiger partial charge in [0.05, 0.1) is 28.9 Å². The molecule has 0 spiro atoms. The van der Waals surface area contributed by atoms with Crippen molar-refractivity contribution < 1.29 is 23.1 Å². The van der Waals surface area contributed by atoms with Gasteiger partial charge in [0.15, 0.2) is 9.84 Å². The average molecular weight is 553 g/mol. The summed E-state index contributed by atoms with van der Waals surface area (Å²) >= 11 is 12.5. The molecule has 4 rings (SSSR count). The molecule has 36 heavy (non-hydrogen) atoms. The van der Waals surface area contributed by atoms with Crippen molar-refractivity contribution in [2.75, 3.05) is 5.75 Å². The molecule has 1 amide bonds. The molecule has 0 aromatic heterocycles. The minimum atomic E-state index is -3.39. The van der Waals surface area contributed by atoms with Crippen molar-refractivity contribution in [1.29, 1.82) is 0 Å². The van der Waals surface area contributed by atoms with Crippen molar-refractivity contribution in [2.24, 2.45) is 5.41 Å². The van der Waals surface area contributed by atoms with E-state index in [-0.39, 0.29) is 35.7 Å². The fraction of sp³-hybridized carbons (Fsp3) is 0.481. The van der Waals surface area contributed by atoms with Gasteiger partial charge in [-0.3, -0.25) is 9.59 Å². The topological polar surface area (TPSA) is 91.8 Å². The van der Waals surface area contributed by atoms with Crippen LogP contribution >= 0.6 is 23.2 Å². The van der Waals surface area contributed by atoms with Crippen LogP contribution in [-0.4, -0.2) is 47.3 Å². The van der Waals surface area contributed by atoms with Crippen molar-refractivity contribution in [1.82, 2.24) is 4.90 Å². The molecule has 194 valence electrons. The van der Waals surface area contributed by atoms with Crippen LogP contribution in [0.1, 0.15) is 69.0 Å². The second-order valence-corrected chi connectivity index (χ2v) is 13.5. The predicted octanol–water partition coefficient (Wildman–Crippen LogP) is 5.89. The van der Waals surface area contributed by atoms with E-state index in [1.807, 2.05) is 37.3 Å². The smallest absolute Gasteiger partial charge is 0.304 e. The first-order valence-electron chi connectivity index (χ1n) is 12.2. The minimum Gasteiger partial charge on any atom is -0.481 e. The molecule has 4 atom stereocenters. The Bertz CT molecular complexity index is 1250. The number of amides is 1. The number of halogens is 2. The number of rotatable bonds is 9. The Kier molecular flexibility index (Phi) is 7.75. The highest BCUT2D eigenvalue weighted by Crippen LogP contribution is 2.52. The summed E-state index contributed by atoms with van der Waals surface area (Å²) in [6.07, 6.45) is 1.66. The Balaban J connectivity index is 1.89. The fourth-order valence-electron chi connectivity index (χ4n) is 5.51. The summed E-state index contributed by atoms with van der Waals surface area (Å²) in [7, 11) is -3.39. The summed E-state index contributed by atoms with van der Waals surface area (Å²) in [6, 6.07) is 13.5. The first-order valence-corrected chi connectivity index (χ1v) is 14.7. The minimum absolute atomic E-state index is 0.143. The first-order chi connectivity index (χ1) is 16.9. The maximum Gasteiger partial charge on any atom is 0.304 e. The molecule has 2 aliphatic rings. The third-order valence-corrected chi connectivity index (χ3v) is 10.3. The Morgan fingerprint density at radius 3 is 2.33 bits per heavy atom. The molecule has 1 saturated heterocycles. The zero-order chi connectivity index (χ0) is 26.3. The SMILES string of the molecule is CC[C@@H](CS(=O)(=O)C1CC1)N1C(=O)[C@@](C)(CC(=O)O)CC(c2cccc(Cl)c2)[C@H]1c1ccc(Cl)cc1. The van der Waals surface area contributed by atoms with Gasteiger partial charge < -0.3 is 10.0 Å². The number of aliphatic carboxylic acids is 1. The molecule has 1 saturated carbocycles. The third-order valence-electron chi connectivity index (χ3n) is 7.45. The molecule has 1 N–H and O–H groups in total. The molecule has 1 heterocycles. The number of likely N-dealkylation sites (tertiary alicyclic amines) is 1. The predicted molar refractivity (Wildman–Crippen MR) is 141 cm³/mol. The summed E-state index contributed by atoms with van der Waals surface area (Å²) in [5.74, 6) is -1.85. The van der Waals surface area contributed by atoms with E-state index in [1.54, 1.807) is 30.0 Å². The Hall–Kier alpha value is -2.09. The lowest BCUT2D eigenvalue weighted by Crippen LogP contribution is -2.57. The van der Waals surface area contributed by atoms with Gasteiger partial charge >= 0.3 is 5.97 Å². The van der Waals surface area contributed by atoms with Crippen molar-refractivity contribution in [3.8, 4) is 0 Å². The van der Waals surface area contributed by atoms with E-state index in [2.05, 4.69) is 0 Å². The largest absolute Gasteiger partial charge is 0.481 e. The van der Waals surface area contributed by atoms with Crippen LogP contribution in [0.15, 0.2) is 48.5 Å². The lowest BCUT2D eigenvalue weighted by Gasteiger charge is -2.51. The van der Waals surface area contributed by atoms with Crippen LogP contribution in [-0.2, 0) is 19.4 Å². The second-order valence-electron chi connectivity index (χ2n) is 10.3. The van der Waals surface area contributed by atoms with Gasteiger partial charge in [0.25, 0.3) is 0 Å². The van der Waals surface area contributed by atoms with Crippen LogP contribution < -0.4 is 0 Å². The molecule has 0 bridgehead atoms. The monoisotopic (exact) mass is 551 g/mol. The van der Waals surface area contributed by atoms with Gasteiger partial charge in [-0.15, -0.1) is 0 Å². The zero-order valence-electron chi connectivity index (χ0n) is 20.4. The second kappa shape index (κ2) is 10.3. The fourth-order valence-corrected chi connectivity index (χ4v) is 7.89. The molecule has 6 nitrogen and oxygen atoms in total. The van der Waals surface area contributed by atoms with Gasteiger partial charge in [0.1, 0.15) is 0 Å².